The average molecular weight is 403 g/mol. The Labute approximate surface area is 163 Å². The summed E-state index contributed by atoms with van der Waals surface area (Å²) < 4.78 is 47.1. The van der Waals surface area contributed by atoms with Crippen LogP contribution >= 0.6 is 0 Å². The topological polar surface area (TPSA) is 65.4 Å². The number of nitrogens with zero attached hydrogens (tertiary/aromatic N) is 1. The number of sulfone groups is 1. The first-order valence-corrected chi connectivity index (χ1v) is 10.7. The van der Waals surface area contributed by atoms with Gasteiger partial charge >= 0.3 is 0 Å². The van der Waals surface area contributed by atoms with Crippen molar-refractivity contribution in [3.63, 3.8) is 0 Å². The second-order valence-electron chi connectivity index (χ2n) is 6.44. The number of benzene rings is 2. The number of fused-ring (bicyclic) bond motifs is 1. The third-order valence-electron chi connectivity index (χ3n) is 4.50. The maximum atomic E-state index is 13.8. The zero-order chi connectivity index (χ0) is 20.3. The quantitative estimate of drug-likeness (QED) is 0.594. The van der Waals surface area contributed by atoms with Crippen molar-refractivity contribution in [2.45, 2.75) is 43.0 Å². The van der Waals surface area contributed by atoms with E-state index < -0.39 is 21.1 Å². The Bertz CT molecular complexity index is 1150. The van der Waals surface area contributed by atoms with Crippen molar-refractivity contribution < 1.29 is 17.5 Å². The van der Waals surface area contributed by atoms with Crippen LogP contribution in [0.2, 0.25) is 0 Å². The van der Waals surface area contributed by atoms with Gasteiger partial charge in [0.25, 0.3) is 0 Å². The van der Waals surface area contributed by atoms with Gasteiger partial charge in [0.2, 0.25) is 15.3 Å². The number of pyridine rings is 1. The maximum absolute atomic E-state index is 13.8. The highest BCUT2D eigenvalue weighted by Gasteiger charge is 2.24. The van der Waals surface area contributed by atoms with Crippen LogP contribution in [0, 0.1) is 5.82 Å². The largest absolute Gasteiger partial charge is 0.494 e. The third kappa shape index (κ3) is 3.80. The van der Waals surface area contributed by atoms with Crippen molar-refractivity contribution >= 4 is 20.7 Å². The number of unbranched alkanes of at least 4 members (excludes halogenated alkanes) is 1. The van der Waals surface area contributed by atoms with Crippen molar-refractivity contribution in [3.8, 4) is 5.75 Å². The Morgan fingerprint density at radius 3 is 2.43 bits per heavy atom. The summed E-state index contributed by atoms with van der Waals surface area (Å²) in [6, 6.07) is 9.79. The van der Waals surface area contributed by atoms with E-state index in [0.29, 0.717) is 24.4 Å². The van der Waals surface area contributed by atoms with Gasteiger partial charge in [0.1, 0.15) is 16.5 Å². The van der Waals surface area contributed by atoms with E-state index in [9.17, 15) is 17.6 Å². The first-order chi connectivity index (χ1) is 13.4. The van der Waals surface area contributed by atoms with E-state index in [-0.39, 0.29) is 15.2 Å². The number of hydrogen-bond acceptors (Lipinski definition) is 4. The molecule has 0 atom stereocenters. The molecule has 0 aliphatic carbocycles. The van der Waals surface area contributed by atoms with Crippen LogP contribution in [0.4, 0.5) is 4.39 Å². The molecule has 0 bridgehead atoms. The molecule has 2 aromatic carbocycles. The summed E-state index contributed by atoms with van der Waals surface area (Å²) in [4.78, 5) is 12.5. The molecular formula is C21H22FNO4S. The molecule has 0 aliphatic rings. The lowest BCUT2D eigenvalue weighted by molar-refractivity contribution is 0.340. The van der Waals surface area contributed by atoms with E-state index in [1.165, 1.54) is 30.5 Å². The molecule has 28 heavy (non-hydrogen) atoms. The molecule has 0 saturated heterocycles. The first kappa shape index (κ1) is 20.1. The second kappa shape index (κ2) is 8.14. The molecule has 0 N–H and O–H groups in total. The molecule has 0 fully saturated rings. The molecule has 0 spiro atoms. The van der Waals surface area contributed by atoms with Crippen LogP contribution < -0.4 is 10.2 Å². The Morgan fingerprint density at radius 1 is 1.07 bits per heavy atom. The summed E-state index contributed by atoms with van der Waals surface area (Å²) in [7, 11) is -4.06. The summed E-state index contributed by atoms with van der Waals surface area (Å²) in [6.45, 7) is 4.84. The highest BCUT2D eigenvalue weighted by molar-refractivity contribution is 7.91. The van der Waals surface area contributed by atoms with Gasteiger partial charge in [0, 0.05) is 18.1 Å². The highest BCUT2D eigenvalue weighted by atomic mass is 32.2. The molecule has 1 heterocycles. The van der Waals surface area contributed by atoms with Crippen LogP contribution in [0.1, 0.15) is 26.7 Å². The number of ether oxygens (including phenoxy) is 1. The zero-order valence-corrected chi connectivity index (χ0v) is 16.6. The van der Waals surface area contributed by atoms with Crippen LogP contribution in [0.3, 0.4) is 0 Å². The molecule has 5 nitrogen and oxygen atoms in total. The van der Waals surface area contributed by atoms with Gasteiger partial charge in [-0.15, -0.1) is 0 Å². The van der Waals surface area contributed by atoms with Crippen molar-refractivity contribution in [2.24, 2.45) is 0 Å². The lowest BCUT2D eigenvalue weighted by Crippen LogP contribution is -2.19. The second-order valence-corrected chi connectivity index (χ2v) is 8.36. The molecule has 0 unspecified atom stereocenters. The minimum Gasteiger partial charge on any atom is -0.494 e. The van der Waals surface area contributed by atoms with Gasteiger partial charge < -0.3 is 9.30 Å². The van der Waals surface area contributed by atoms with E-state index in [1.807, 2.05) is 13.8 Å². The molecule has 0 saturated carbocycles. The minimum atomic E-state index is -4.06. The van der Waals surface area contributed by atoms with Gasteiger partial charge in [-0.1, -0.05) is 13.3 Å². The summed E-state index contributed by atoms with van der Waals surface area (Å²) >= 11 is 0. The van der Waals surface area contributed by atoms with Crippen LogP contribution in [-0.2, 0) is 16.4 Å². The first-order valence-electron chi connectivity index (χ1n) is 9.19. The molecule has 1 aromatic heterocycles. The Kier molecular flexibility index (Phi) is 5.84. The van der Waals surface area contributed by atoms with E-state index in [1.54, 1.807) is 16.7 Å². The van der Waals surface area contributed by atoms with Crippen LogP contribution in [0.15, 0.2) is 63.2 Å². The van der Waals surface area contributed by atoms with Crippen molar-refractivity contribution in [3.05, 3.63) is 64.7 Å². The summed E-state index contributed by atoms with van der Waals surface area (Å²) in [6.07, 6.45) is 3.07. The fourth-order valence-electron chi connectivity index (χ4n) is 3.06. The van der Waals surface area contributed by atoms with Gasteiger partial charge in [-0.3, -0.25) is 4.79 Å². The van der Waals surface area contributed by atoms with Crippen LogP contribution in [0.25, 0.3) is 10.9 Å². The number of rotatable bonds is 7. The minimum absolute atomic E-state index is 0.00847. The monoisotopic (exact) mass is 403 g/mol. The number of hydrogen-bond donors (Lipinski definition) is 0. The highest BCUT2D eigenvalue weighted by Crippen LogP contribution is 2.24. The molecule has 3 aromatic rings. The van der Waals surface area contributed by atoms with Gasteiger partial charge in [0.15, 0.2) is 0 Å². The Hall–Kier alpha value is -2.67. The third-order valence-corrected chi connectivity index (χ3v) is 6.26. The number of aryl methyl sites for hydroxylation is 1. The normalized spacial score (nSPS) is 11.7. The van der Waals surface area contributed by atoms with E-state index in [2.05, 4.69) is 0 Å². The fraction of sp³-hybridized carbons (Fsp3) is 0.286. The average Bonchev–Trinajstić information content (AvgIpc) is 2.68. The van der Waals surface area contributed by atoms with Gasteiger partial charge in [-0.2, -0.15) is 0 Å². The van der Waals surface area contributed by atoms with E-state index in [4.69, 9.17) is 4.74 Å². The molecule has 0 amide bonds. The Morgan fingerprint density at radius 2 is 1.79 bits per heavy atom. The lowest BCUT2D eigenvalue weighted by Gasteiger charge is -2.14. The van der Waals surface area contributed by atoms with Crippen molar-refractivity contribution in [1.82, 2.24) is 4.57 Å². The summed E-state index contributed by atoms with van der Waals surface area (Å²) in [5, 5.41) is 0.0584. The summed E-state index contributed by atoms with van der Waals surface area (Å²) in [5.74, 6) is -0.0374. The van der Waals surface area contributed by atoms with Crippen molar-refractivity contribution in [2.75, 3.05) is 6.61 Å². The van der Waals surface area contributed by atoms with Gasteiger partial charge in [-0.05, 0) is 55.8 Å². The van der Waals surface area contributed by atoms with Crippen LogP contribution in [-0.4, -0.2) is 19.6 Å². The van der Waals surface area contributed by atoms with Crippen molar-refractivity contribution in [1.29, 1.82) is 0 Å². The van der Waals surface area contributed by atoms with Gasteiger partial charge in [-0.25, -0.2) is 12.8 Å². The van der Waals surface area contributed by atoms with E-state index >= 15 is 0 Å². The maximum Gasteiger partial charge on any atom is 0.211 e. The van der Waals surface area contributed by atoms with Crippen LogP contribution in [0.5, 0.6) is 5.75 Å². The molecular weight excluding hydrogens is 381 g/mol. The molecule has 0 aliphatic heterocycles. The summed E-state index contributed by atoms with van der Waals surface area (Å²) in [5.41, 5.74) is -0.179. The standard InChI is InChI=1S/C21H22FNO4S/c1-3-5-12-23-14-20(21(24)18-13-15(22)6-11-19(18)23)28(25,26)17-9-7-16(8-10-17)27-4-2/h6-11,13-14H,3-5,12H2,1-2H3. The molecule has 7 heteroatoms. The fourth-order valence-corrected chi connectivity index (χ4v) is 4.42. The smallest absolute Gasteiger partial charge is 0.211 e. The number of aromatic nitrogens is 1. The van der Waals surface area contributed by atoms with Gasteiger partial charge in [0.05, 0.1) is 17.0 Å². The zero-order valence-electron chi connectivity index (χ0n) is 15.8. The predicted molar refractivity (Wildman–Crippen MR) is 106 cm³/mol. The molecule has 0 radical (unpaired) electrons. The Balaban J connectivity index is 2.20. The molecule has 148 valence electrons. The number of halogens is 1. The predicted octanol–water partition coefficient (Wildman–Crippen LogP) is 4.17. The SMILES string of the molecule is CCCCn1cc(S(=O)(=O)c2ccc(OCC)cc2)c(=O)c2cc(F)ccc21. The lowest BCUT2D eigenvalue weighted by atomic mass is 10.2. The van der Waals surface area contributed by atoms with E-state index in [0.717, 1.165) is 18.9 Å². The molecule has 3 rings (SSSR count).